The Bertz CT molecular complexity index is 492. The van der Waals surface area contributed by atoms with Gasteiger partial charge < -0.3 is 10.1 Å². The van der Waals surface area contributed by atoms with Crippen molar-refractivity contribution in [2.24, 2.45) is 11.8 Å². The van der Waals surface area contributed by atoms with E-state index in [2.05, 4.69) is 43.4 Å². The number of nitrogens with one attached hydrogen (secondary N) is 1. The number of fused-ring (bicyclic) bond motifs is 1. The van der Waals surface area contributed by atoms with Crippen LogP contribution in [0.2, 0.25) is 0 Å². The maximum atomic E-state index is 5.54. The number of anilines is 1. The van der Waals surface area contributed by atoms with Crippen LogP contribution in [-0.4, -0.2) is 13.2 Å². The summed E-state index contributed by atoms with van der Waals surface area (Å²) in [5.74, 6) is 2.56. The largest absolute Gasteiger partial charge is 0.493 e. The number of hydrogen-bond acceptors (Lipinski definition) is 2. The van der Waals surface area contributed by atoms with Gasteiger partial charge in [-0.15, -0.1) is 0 Å². The van der Waals surface area contributed by atoms with Gasteiger partial charge in [0.2, 0.25) is 0 Å². The summed E-state index contributed by atoms with van der Waals surface area (Å²) in [6.07, 6.45) is 6.01. The van der Waals surface area contributed by atoms with Crippen molar-refractivity contribution in [3.63, 3.8) is 0 Å². The number of rotatable bonds is 3. The molecule has 1 aliphatic carbocycles. The molecule has 0 amide bonds. The fraction of sp³-hybridized carbons (Fsp3) is 0.529. The van der Waals surface area contributed by atoms with Gasteiger partial charge in [0, 0.05) is 18.7 Å². The summed E-state index contributed by atoms with van der Waals surface area (Å²) in [5, 5.41) is 3.60. The molecule has 1 aromatic carbocycles. The van der Waals surface area contributed by atoms with Crippen molar-refractivity contribution in [1.29, 1.82) is 0 Å². The molecular weight excluding hydrogens is 234 g/mol. The molecule has 0 saturated heterocycles. The first kappa shape index (κ1) is 12.6. The van der Waals surface area contributed by atoms with Crippen LogP contribution < -0.4 is 10.1 Å². The SMILES string of the molecule is CC1=CC(C)CC(CNc2ccc3c(c2)CCO3)C1. The molecule has 2 atom stereocenters. The van der Waals surface area contributed by atoms with Crippen molar-refractivity contribution < 1.29 is 4.74 Å². The quantitative estimate of drug-likeness (QED) is 0.826. The Kier molecular flexibility index (Phi) is 3.50. The molecule has 1 heterocycles. The standard InChI is InChI=1S/C17H23NO/c1-12-7-13(2)9-14(8-12)11-18-16-3-4-17-15(10-16)5-6-19-17/h3-4,7,10,12,14,18H,5-6,8-9,11H2,1-2H3. The highest BCUT2D eigenvalue weighted by Crippen LogP contribution is 2.30. The third-order valence-electron chi connectivity index (χ3n) is 4.17. The lowest BCUT2D eigenvalue weighted by Gasteiger charge is -2.26. The van der Waals surface area contributed by atoms with Gasteiger partial charge in [-0.25, -0.2) is 0 Å². The van der Waals surface area contributed by atoms with Crippen molar-refractivity contribution in [3.8, 4) is 5.75 Å². The highest BCUT2D eigenvalue weighted by molar-refractivity contribution is 5.52. The fourth-order valence-corrected chi connectivity index (χ4v) is 3.40. The van der Waals surface area contributed by atoms with Crippen molar-refractivity contribution in [2.45, 2.75) is 33.1 Å². The van der Waals surface area contributed by atoms with Crippen molar-refractivity contribution >= 4 is 5.69 Å². The number of ether oxygens (including phenoxy) is 1. The van der Waals surface area contributed by atoms with Gasteiger partial charge in [-0.3, -0.25) is 0 Å². The zero-order chi connectivity index (χ0) is 13.2. The van der Waals surface area contributed by atoms with Gasteiger partial charge in [-0.05, 0) is 55.4 Å². The maximum absolute atomic E-state index is 5.54. The first-order valence-electron chi connectivity index (χ1n) is 7.37. The minimum Gasteiger partial charge on any atom is -0.493 e. The Morgan fingerprint density at radius 3 is 3.11 bits per heavy atom. The van der Waals surface area contributed by atoms with E-state index < -0.39 is 0 Å². The van der Waals surface area contributed by atoms with Crippen molar-refractivity contribution in [3.05, 3.63) is 35.4 Å². The molecule has 1 N–H and O–H groups in total. The zero-order valence-electron chi connectivity index (χ0n) is 11.9. The minimum absolute atomic E-state index is 0.731. The number of benzene rings is 1. The van der Waals surface area contributed by atoms with E-state index in [1.165, 1.54) is 24.1 Å². The van der Waals surface area contributed by atoms with Gasteiger partial charge in [-0.1, -0.05) is 18.6 Å². The molecule has 1 aromatic rings. The Balaban J connectivity index is 1.59. The van der Waals surface area contributed by atoms with E-state index >= 15 is 0 Å². The second-order valence-electron chi connectivity index (χ2n) is 6.10. The Labute approximate surface area is 115 Å². The van der Waals surface area contributed by atoms with Gasteiger partial charge in [0.05, 0.1) is 6.61 Å². The van der Waals surface area contributed by atoms with Crippen LogP contribution in [0, 0.1) is 11.8 Å². The van der Waals surface area contributed by atoms with E-state index in [-0.39, 0.29) is 0 Å². The monoisotopic (exact) mass is 257 g/mol. The van der Waals surface area contributed by atoms with E-state index in [1.807, 2.05) is 0 Å². The lowest BCUT2D eigenvalue weighted by Crippen LogP contribution is -2.20. The molecule has 0 aromatic heterocycles. The number of hydrogen-bond donors (Lipinski definition) is 1. The van der Waals surface area contributed by atoms with E-state index in [0.29, 0.717) is 0 Å². The molecule has 0 spiro atoms. The second-order valence-corrected chi connectivity index (χ2v) is 6.10. The molecule has 0 fully saturated rings. The summed E-state index contributed by atoms with van der Waals surface area (Å²) >= 11 is 0. The topological polar surface area (TPSA) is 21.3 Å². The summed E-state index contributed by atoms with van der Waals surface area (Å²) in [7, 11) is 0. The van der Waals surface area contributed by atoms with E-state index in [4.69, 9.17) is 4.74 Å². The molecule has 0 bridgehead atoms. The lowest BCUT2D eigenvalue weighted by atomic mass is 9.84. The highest BCUT2D eigenvalue weighted by Gasteiger charge is 2.18. The fourth-order valence-electron chi connectivity index (χ4n) is 3.40. The molecule has 0 saturated carbocycles. The van der Waals surface area contributed by atoms with Crippen LogP contribution in [0.3, 0.4) is 0 Å². The normalized spacial score (nSPS) is 25.5. The van der Waals surface area contributed by atoms with Gasteiger partial charge >= 0.3 is 0 Å². The average molecular weight is 257 g/mol. The van der Waals surface area contributed by atoms with Crippen LogP contribution in [0.4, 0.5) is 5.69 Å². The molecule has 19 heavy (non-hydrogen) atoms. The Morgan fingerprint density at radius 1 is 1.37 bits per heavy atom. The summed E-state index contributed by atoms with van der Waals surface area (Å²) < 4.78 is 5.54. The van der Waals surface area contributed by atoms with Crippen LogP contribution in [0.1, 0.15) is 32.3 Å². The van der Waals surface area contributed by atoms with Crippen molar-refractivity contribution in [2.75, 3.05) is 18.5 Å². The van der Waals surface area contributed by atoms with Crippen LogP contribution in [0.5, 0.6) is 5.75 Å². The smallest absolute Gasteiger partial charge is 0.122 e. The van der Waals surface area contributed by atoms with Gasteiger partial charge in [-0.2, -0.15) is 0 Å². The third kappa shape index (κ3) is 2.94. The predicted octanol–water partition coefficient (Wildman–Crippen LogP) is 4.03. The molecule has 3 rings (SSSR count). The van der Waals surface area contributed by atoms with Crippen LogP contribution >= 0.6 is 0 Å². The molecular formula is C17H23NO. The third-order valence-corrected chi connectivity index (χ3v) is 4.17. The number of allylic oxidation sites excluding steroid dienone is 2. The molecule has 102 valence electrons. The lowest BCUT2D eigenvalue weighted by molar-refractivity contribution is 0.357. The summed E-state index contributed by atoms with van der Waals surface area (Å²) in [5.41, 5.74) is 4.13. The Morgan fingerprint density at radius 2 is 2.26 bits per heavy atom. The molecule has 2 nitrogen and oxygen atoms in total. The van der Waals surface area contributed by atoms with Crippen LogP contribution in [-0.2, 0) is 6.42 Å². The van der Waals surface area contributed by atoms with Gasteiger partial charge in [0.15, 0.2) is 0 Å². The first-order chi connectivity index (χ1) is 9.20. The highest BCUT2D eigenvalue weighted by atomic mass is 16.5. The van der Waals surface area contributed by atoms with Crippen LogP contribution in [0.25, 0.3) is 0 Å². The summed E-state index contributed by atoms with van der Waals surface area (Å²) in [6.45, 7) is 6.50. The van der Waals surface area contributed by atoms with Gasteiger partial charge in [0.1, 0.15) is 5.75 Å². The zero-order valence-corrected chi connectivity index (χ0v) is 11.9. The average Bonchev–Trinajstić information content (AvgIpc) is 2.82. The van der Waals surface area contributed by atoms with E-state index in [0.717, 1.165) is 37.2 Å². The second kappa shape index (κ2) is 5.28. The Hall–Kier alpha value is -1.44. The minimum atomic E-state index is 0.731. The molecule has 1 aliphatic heterocycles. The first-order valence-corrected chi connectivity index (χ1v) is 7.37. The predicted molar refractivity (Wildman–Crippen MR) is 79.8 cm³/mol. The molecule has 2 unspecified atom stereocenters. The van der Waals surface area contributed by atoms with Crippen LogP contribution in [0.15, 0.2) is 29.8 Å². The van der Waals surface area contributed by atoms with Gasteiger partial charge in [0.25, 0.3) is 0 Å². The molecule has 2 aliphatic rings. The maximum Gasteiger partial charge on any atom is 0.122 e. The summed E-state index contributed by atoms with van der Waals surface area (Å²) in [6, 6.07) is 6.48. The van der Waals surface area contributed by atoms with Crippen molar-refractivity contribution in [1.82, 2.24) is 0 Å². The van der Waals surface area contributed by atoms with E-state index in [9.17, 15) is 0 Å². The molecule has 0 radical (unpaired) electrons. The molecule has 2 heteroatoms. The summed E-state index contributed by atoms with van der Waals surface area (Å²) in [4.78, 5) is 0. The van der Waals surface area contributed by atoms with E-state index in [1.54, 1.807) is 5.57 Å².